The molecule has 3 nitrogen and oxygen atoms in total. The van der Waals surface area contributed by atoms with E-state index in [0.717, 1.165) is 16.8 Å². The summed E-state index contributed by atoms with van der Waals surface area (Å²) in [7, 11) is 0. The maximum absolute atomic E-state index is 11.7. The minimum absolute atomic E-state index is 0.477. The number of para-hydroxylation sites is 1. The molecular weight excluding hydrogens is 226 g/mol. The van der Waals surface area contributed by atoms with Crippen LogP contribution in [-0.2, 0) is 0 Å². The number of benzene rings is 2. The van der Waals surface area contributed by atoms with Gasteiger partial charge in [-0.25, -0.2) is 4.79 Å². The molecule has 0 bridgehead atoms. The highest BCUT2D eigenvalue weighted by Crippen LogP contribution is 2.18. The van der Waals surface area contributed by atoms with Crippen molar-refractivity contribution in [3.63, 3.8) is 0 Å². The van der Waals surface area contributed by atoms with Crippen LogP contribution in [0.25, 0.3) is 0 Å². The number of hydrogen-bond donors (Lipinski definition) is 1. The smallest absolute Gasteiger partial charge is 0.410 e. The molecular formula is C15H15NO2. The second-order valence-electron chi connectivity index (χ2n) is 4.08. The second-order valence-corrected chi connectivity index (χ2v) is 4.08. The zero-order valence-electron chi connectivity index (χ0n) is 10.4. The molecule has 2 aromatic carbocycles. The van der Waals surface area contributed by atoms with Gasteiger partial charge in [0, 0.05) is 5.69 Å². The molecule has 92 valence electrons. The molecule has 0 saturated heterocycles. The predicted molar refractivity (Wildman–Crippen MR) is 72.0 cm³/mol. The number of aryl methyl sites for hydroxylation is 1. The molecule has 0 spiro atoms. The molecule has 0 aromatic heterocycles. The molecule has 1 amide bonds. The first-order chi connectivity index (χ1) is 8.66. The predicted octanol–water partition coefficient (Wildman–Crippen LogP) is 3.91. The third-order valence-corrected chi connectivity index (χ3v) is 2.80. The maximum atomic E-state index is 11.7. The Morgan fingerprint density at radius 2 is 1.72 bits per heavy atom. The van der Waals surface area contributed by atoms with Gasteiger partial charge in [-0.3, -0.25) is 5.32 Å². The van der Waals surface area contributed by atoms with Crippen LogP contribution in [0.4, 0.5) is 10.5 Å². The maximum Gasteiger partial charge on any atom is 0.417 e. The van der Waals surface area contributed by atoms with Crippen LogP contribution in [0.3, 0.4) is 0 Å². The van der Waals surface area contributed by atoms with Crippen molar-refractivity contribution in [2.24, 2.45) is 0 Å². The Labute approximate surface area is 106 Å². The van der Waals surface area contributed by atoms with E-state index < -0.39 is 6.09 Å². The fourth-order valence-corrected chi connectivity index (χ4v) is 1.62. The third kappa shape index (κ3) is 2.88. The lowest BCUT2D eigenvalue weighted by Gasteiger charge is -2.10. The highest BCUT2D eigenvalue weighted by molar-refractivity contribution is 5.87. The first kappa shape index (κ1) is 12.2. The van der Waals surface area contributed by atoms with Crippen molar-refractivity contribution in [1.29, 1.82) is 0 Å². The van der Waals surface area contributed by atoms with Gasteiger partial charge in [0.15, 0.2) is 0 Å². The molecule has 0 aliphatic carbocycles. The van der Waals surface area contributed by atoms with E-state index >= 15 is 0 Å². The summed E-state index contributed by atoms with van der Waals surface area (Å²) in [5.41, 5.74) is 2.95. The van der Waals surface area contributed by atoms with E-state index in [1.165, 1.54) is 0 Å². The zero-order valence-corrected chi connectivity index (χ0v) is 10.4. The Balaban J connectivity index is 2.06. The summed E-state index contributed by atoms with van der Waals surface area (Å²) in [5, 5.41) is 2.74. The fraction of sp³-hybridized carbons (Fsp3) is 0.133. The number of ether oxygens (including phenoxy) is 1. The van der Waals surface area contributed by atoms with Gasteiger partial charge in [-0.15, -0.1) is 0 Å². The molecule has 0 heterocycles. The first-order valence-corrected chi connectivity index (χ1v) is 5.77. The monoisotopic (exact) mass is 241 g/mol. The summed E-state index contributed by atoms with van der Waals surface area (Å²) in [6, 6.07) is 14.7. The molecule has 0 atom stereocenters. The van der Waals surface area contributed by atoms with Gasteiger partial charge in [-0.2, -0.15) is 0 Å². The number of amides is 1. The van der Waals surface area contributed by atoms with Crippen molar-refractivity contribution in [1.82, 2.24) is 0 Å². The van der Waals surface area contributed by atoms with E-state index in [9.17, 15) is 4.79 Å². The highest BCUT2D eigenvalue weighted by atomic mass is 16.6. The highest BCUT2D eigenvalue weighted by Gasteiger charge is 2.07. The zero-order chi connectivity index (χ0) is 13.0. The van der Waals surface area contributed by atoms with E-state index in [1.54, 1.807) is 12.1 Å². The summed E-state index contributed by atoms with van der Waals surface area (Å²) < 4.78 is 5.16. The standard InChI is InChI=1S/C15H15NO2/c1-11-7-6-10-14(12(11)2)16-15(17)18-13-8-4-3-5-9-13/h3-10H,1-2H3,(H,16,17). The minimum atomic E-state index is -0.477. The van der Waals surface area contributed by atoms with Crippen molar-refractivity contribution in [2.75, 3.05) is 5.32 Å². The number of carbonyl (C=O) groups is 1. The summed E-state index contributed by atoms with van der Waals surface area (Å²) >= 11 is 0. The largest absolute Gasteiger partial charge is 0.417 e. The molecule has 1 N–H and O–H groups in total. The van der Waals surface area contributed by atoms with E-state index in [4.69, 9.17) is 4.74 Å². The Hall–Kier alpha value is -2.29. The van der Waals surface area contributed by atoms with E-state index in [0.29, 0.717) is 5.75 Å². The van der Waals surface area contributed by atoms with E-state index in [-0.39, 0.29) is 0 Å². The lowest BCUT2D eigenvalue weighted by Crippen LogP contribution is -2.17. The van der Waals surface area contributed by atoms with Gasteiger partial charge in [0.05, 0.1) is 0 Å². The molecule has 2 rings (SSSR count). The summed E-state index contributed by atoms with van der Waals surface area (Å²) in [4.78, 5) is 11.7. The van der Waals surface area contributed by atoms with Gasteiger partial charge in [-0.05, 0) is 43.2 Å². The Morgan fingerprint density at radius 3 is 2.44 bits per heavy atom. The van der Waals surface area contributed by atoms with Crippen LogP contribution >= 0.6 is 0 Å². The first-order valence-electron chi connectivity index (χ1n) is 5.77. The van der Waals surface area contributed by atoms with Crippen molar-refractivity contribution in [3.8, 4) is 5.75 Å². The number of rotatable bonds is 2. The molecule has 0 saturated carbocycles. The van der Waals surface area contributed by atoms with Gasteiger partial charge < -0.3 is 4.74 Å². The molecule has 0 radical (unpaired) electrons. The Bertz CT molecular complexity index is 550. The second kappa shape index (κ2) is 5.36. The number of anilines is 1. The topological polar surface area (TPSA) is 38.3 Å². The van der Waals surface area contributed by atoms with Crippen LogP contribution in [0.2, 0.25) is 0 Å². The lowest BCUT2D eigenvalue weighted by molar-refractivity contribution is 0.215. The molecule has 18 heavy (non-hydrogen) atoms. The third-order valence-electron chi connectivity index (χ3n) is 2.80. The molecule has 2 aromatic rings. The minimum Gasteiger partial charge on any atom is -0.410 e. The summed E-state index contributed by atoms with van der Waals surface area (Å²) in [6.07, 6.45) is -0.477. The van der Waals surface area contributed by atoms with Crippen LogP contribution in [0.15, 0.2) is 48.5 Å². The van der Waals surface area contributed by atoms with Gasteiger partial charge in [0.1, 0.15) is 5.75 Å². The summed E-state index contributed by atoms with van der Waals surface area (Å²) in [5.74, 6) is 0.528. The van der Waals surface area contributed by atoms with Crippen LogP contribution < -0.4 is 10.1 Å². The molecule has 0 aliphatic rings. The van der Waals surface area contributed by atoms with Crippen LogP contribution in [0, 0.1) is 13.8 Å². The molecule has 0 aliphatic heterocycles. The number of nitrogens with one attached hydrogen (secondary N) is 1. The van der Waals surface area contributed by atoms with E-state index in [2.05, 4.69) is 5.32 Å². The van der Waals surface area contributed by atoms with Crippen molar-refractivity contribution in [3.05, 3.63) is 59.7 Å². The number of carbonyl (C=O) groups excluding carboxylic acids is 1. The normalized spacial score (nSPS) is 9.89. The van der Waals surface area contributed by atoms with Crippen LogP contribution in [0.1, 0.15) is 11.1 Å². The lowest BCUT2D eigenvalue weighted by atomic mass is 10.1. The molecule has 0 unspecified atom stereocenters. The average molecular weight is 241 g/mol. The van der Waals surface area contributed by atoms with Crippen molar-refractivity contribution >= 4 is 11.8 Å². The Morgan fingerprint density at radius 1 is 1.00 bits per heavy atom. The van der Waals surface area contributed by atoms with E-state index in [1.807, 2.05) is 50.2 Å². The average Bonchev–Trinajstić information content (AvgIpc) is 2.36. The fourth-order valence-electron chi connectivity index (χ4n) is 1.62. The van der Waals surface area contributed by atoms with Crippen LogP contribution in [-0.4, -0.2) is 6.09 Å². The van der Waals surface area contributed by atoms with Gasteiger partial charge in [-0.1, -0.05) is 30.3 Å². The molecule has 0 fully saturated rings. The van der Waals surface area contributed by atoms with Gasteiger partial charge in [0.2, 0.25) is 0 Å². The van der Waals surface area contributed by atoms with Crippen LogP contribution in [0.5, 0.6) is 5.75 Å². The SMILES string of the molecule is Cc1cccc(NC(=O)Oc2ccccc2)c1C. The van der Waals surface area contributed by atoms with Gasteiger partial charge >= 0.3 is 6.09 Å². The van der Waals surface area contributed by atoms with Crippen molar-refractivity contribution in [2.45, 2.75) is 13.8 Å². The quantitative estimate of drug-likeness (QED) is 0.865. The van der Waals surface area contributed by atoms with Gasteiger partial charge in [0.25, 0.3) is 0 Å². The number of hydrogen-bond acceptors (Lipinski definition) is 2. The van der Waals surface area contributed by atoms with Crippen molar-refractivity contribution < 1.29 is 9.53 Å². The molecule has 3 heteroatoms. The summed E-state index contributed by atoms with van der Waals surface area (Å²) in [6.45, 7) is 3.97. The Kier molecular flexibility index (Phi) is 3.63.